The Bertz CT molecular complexity index is 547. The van der Waals surface area contributed by atoms with Crippen LogP contribution in [0.1, 0.15) is 5.56 Å². The van der Waals surface area contributed by atoms with Crippen LogP contribution in [0.2, 0.25) is 5.02 Å². The zero-order valence-corrected chi connectivity index (χ0v) is 10.7. The molecule has 0 radical (unpaired) electrons. The number of rotatable bonds is 1. The highest BCUT2D eigenvalue weighted by Gasteiger charge is 2.01. The molecule has 0 saturated carbocycles. The smallest absolute Gasteiger partial charge is 0.0423 e. The van der Waals surface area contributed by atoms with Crippen molar-refractivity contribution in [3.63, 3.8) is 0 Å². The Labute approximate surface area is 108 Å². The fraction of sp³-hybridized carbons (Fsp3) is 0. The molecule has 0 aliphatic carbocycles. The molecule has 0 atom stereocenters. The van der Waals surface area contributed by atoms with E-state index in [1.54, 1.807) is 0 Å². The standard InChI is InChI=1S/C14H8BrCl/c1-2-10-4-3-5-11(6-10)12-7-13(15)9-14(16)8-12/h1,3-9H. The fourth-order valence-corrected chi connectivity index (χ4v) is 2.37. The first-order valence-corrected chi connectivity index (χ1v) is 5.89. The molecule has 78 valence electrons. The molecule has 0 bridgehead atoms. The molecule has 2 rings (SSSR count). The summed E-state index contributed by atoms with van der Waals surface area (Å²) in [7, 11) is 0. The van der Waals surface area contributed by atoms with Crippen LogP contribution in [0.4, 0.5) is 0 Å². The van der Waals surface area contributed by atoms with Crippen LogP contribution >= 0.6 is 27.5 Å². The molecule has 0 nitrogen and oxygen atoms in total. The number of terminal acetylenes is 1. The highest BCUT2D eigenvalue weighted by atomic mass is 79.9. The minimum Gasteiger partial charge on any atom is -0.115 e. The van der Waals surface area contributed by atoms with Crippen LogP contribution in [0.3, 0.4) is 0 Å². The second-order valence-electron chi connectivity index (χ2n) is 3.38. The van der Waals surface area contributed by atoms with Gasteiger partial charge in [0.15, 0.2) is 0 Å². The van der Waals surface area contributed by atoms with Crippen LogP contribution in [-0.2, 0) is 0 Å². The summed E-state index contributed by atoms with van der Waals surface area (Å²) in [6.07, 6.45) is 5.37. The van der Waals surface area contributed by atoms with Gasteiger partial charge in [0.2, 0.25) is 0 Å². The summed E-state index contributed by atoms with van der Waals surface area (Å²) in [6, 6.07) is 13.6. The van der Waals surface area contributed by atoms with Crippen LogP contribution < -0.4 is 0 Å². The van der Waals surface area contributed by atoms with Crippen molar-refractivity contribution in [1.82, 2.24) is 0 Å². The maximum Gasteiger partial charge on any atom is 0.0423 e. The molecule has 0 fully saturated rings. The van der Waals surface area contributed by atoms with Gasteiger partial charge < -0.3 is 0 Å². The van der Waals surface area contributed by atoms with Gasteiger partial charge in [-0.2, -0.15) is 0 Å². The molecule has 0 N–H and O–H groups in total. The fourth-order valence-electron chi connectivity index (χ4n) is 1.51. The molecule has 2 aromatic carbocycles. The summed E-state index contributed by atoms with van der Waals surface area (Å²) in [5.41, 5.74) is 2.99. The molecule has 2 heteroatoms. The normalized spacial score (nSPS) is 9.81. The van der Waals surface area contributed by atoms with Crippen LogP contribution in [-0.4, -0.2) is 0 Å². The van der Waals surface area contributed by atoms with Gasteiger partial charge >= 0.3 is 0 Å². The molecule has 2 aromatic rings. The van der Waals surface area contributed by atoms with E-state index in [9.17, 15) is 0 Å². The van der Waals surface area contributed by atoms with Crippen molar-refractivity contribution in [2.45, 2.75) is 0 Å². The number of hydrogen-bond acceptors (Lipinski definition) is 0. The summed E-state index contributed by atoms with van der Waals surface area (Å²) in [4.78, 5) is 0. The van der Waals surface area contributed by atoms with E-state index in [0.29, 0.717) is 5.02 Å². The highest BCUT2D eigenvalue weighted by molar-refractivity contribution is 9.10. The Hall–Kier alpha value is -1.23. The van der Waals surface area contributed by atoms with Gasteiger partial charge in [-0.1, -0.05) is 45.6 Å². The first-order valence-electron chi connectivity index (χ1n) is 4.72. The molecule has 16 heavy (non-hydrogen) atoms. The number of benzene rings is 2. The third kappa shape index (κ3) is 2.47. The summed E-state index contributed by atoms with van der Waals surface area (Å²) >= 11 is 9.42. The summed E-state index contributed by atoms with van der Waals surface area (Å²) in [6.45, 7) is 0. The third-order valence-electron chi connectivity index (χ3n) is 2.23. The van der Waals surface area contributed by atoms with E-state index in [0.717, 1.165) is 21.2 Å². The lowest BCUT2D eigenvalue weighted by Crippen LogP contribution is -1.80. The van der Waals surface area contributed by atoms with Crippen LogP contribution in [0, 0.1) is 12.3 Å². The van der Waals surface area contributed by atoms with Gasteiger partial charge in [-0.15, -0.1) is 6.42 Å². The average molecular weight is 292 g/mol. The molecular formula is C14H8BrCl. The van der Waals surface area contributed by atoms with Gasteiger partial charge in [-0.3, -0.25) is 0 Å². The second kappa shape index (κ2) is 4.74. The van der Waals surface area contributed by atoms with E-state index >= 15 is 0 Å². The monoisotopic (exact) mass is 290 g/mol. The Morgan fingerprint density at radius 3 is 2.56 bits per heavy atom. The Balaban J connectivity index is 2.54. The van der Waals surface area contributed by atoms with Crippen molar-refractivity contribution in [2.75, 3.05) is 0 Å². The first-order chi connectivity index (χ1) is 7.69. The third-order valence-corrected chi connectivity index (χ3v) is 2.90. The van der Waals surface area contributed by atoms with Gasteiger partial charge in [0.05, 0.1) is 0 Å². The lowest BCUT2D eigenvalue weighted by molar-refractivity contribution is 1.57. The van der Waals surface area contributed by atoms with Crippen LogP contribution in [0.25, 0.3) is 11.1 Å². The molecule has 0 unspecified atom stereocenters. The molecule has 0 heterocycles. The lowest BCUT2D eigenvalue weighted by Gasteiger charge is -2.04. The predicted octanol–water partition coefficient (Wildman–Crippen LogP) is 4.75. The van der Waals surface area contributed by atoms with E-state index < -0.39 is 0 Å². The van der Waals surface area contributed by atoms with Crippen molar-refractivity contribution in [1.29, 1.82) is 0 Å². The van der Waals surface area contributed by atoms with E-state index in [1.165, 1.54) is 0 Å². The SMILES string of the molecule is C#Cc1cccc(-c2cc(Cl)cc(Br)c2)c1. The highest BCUT2D eigenvalue weighted by Crippen LogP contribution is 2.27. The summed E-state index contributed by atoms with van der Waals surface area (Å²) in [5, 5.41) is 0.704. The van der Waals surface area contributed by atoms with Crippen LogP contribution in [0.5, 0.6) is 0 Å². The zero-order chi connectivity index (χ0) is 11.5. The summed E-state index contributed by atoms with van der Waals surface area (Å²) in [5.74, 6) is 2.62. The minimum atomic E-state index is 0.704. The topological polar surface area (TPSA) is 0 Å². The zero-order valence-electron chi connectivity index (χ0n) is 8.37. The minimum absolute atomic E-state index is 0.704. The average Bonchev–Trinajstić information content (AvgIpc) is 2.28. The largest absolute Gasteiger partial charge is 0.115 e. The van der Waals surface area contributed by atoms with Crippen LogP contribution in [0.15, 0.2) is 46.9 Å². The van der Waals surface area contributed by atoms with E-state index in [-0.39, 0.29) is 0 Å². The van der Waals surface area contributed by atoms with Gasteiger partial charge in [-0.05, 0) is 41.5 Å². The first kappa shape index (κ1) is 11.3. The molecule has 0 spiro atoms. The van der Waals surface area contributed by atoms with Crippen molar-refractivity contribution in [3.05, 3.63) is 57.5 Å². The van der Waals surface area contributed by atoms with E-state index in [1.807, 2.05) is 42.5 Å². The number of hydrogen-bond donors (Lipinski definition) is 0. The molecule has 0 amide bonds. The van der Waals surface area contributed by atoms with E-state index in [2.05, 4.69) is 21.9 Å². The second-order valence-corrected chi connectivity index (χ2v) is 4.74. The molecular weight excluding hydrogens is 284 g/mol. The molecule has 0 aliphatic rings. The van der Waals surface area contributed by atoms with Crippen molar-refractivity contribution < 1.29 is 0 Å². The van der Waals surface area contributed by atoms with E-state index in [4.69, 9.17) is 18.0 Å². The predicted molar refractivity (Wildman–Crippen MR) is 72.5 cm³/mol. The van der Waals surface area contributed by atoms with Crippen molar-refractivity contribution >= 4 is 27.5 Å². The Morgan fingerprint density at radius 1 is 1.06 bits per heavy atom. The Kier molecular flexibility index (Phi) is 3.33. The molecule has 0 aliphatic heterocycles. The van der Waals surface area contributed by atoms with Gasteiger partial charge in [-0.25, -0.2) is 0 Å². The van der Waals surface area contributed by atoms with Gasteiger partial charge in [0, 0.05) is 15.1 Å². The maximum absolute atomic E-state index is 6.00. The molecule has 0 aromatic heterocycles. The van der Waals surface area contributed by atoms with Gasteiger partial charge in [0.1, 0.15) is 0 Å². The quantitative estimate of drug-likeness (QED) is 0.665. The number of halogens is 2. The van der Waals surface area contributed by atoms with Crippen molar-refractivity contribution in [2.24, 2.45) is 0 Å². The van der Waals surface area contributed by atoms with Gasteiger partial charge in [0.25, 0.3) is 0 Å². The Morgan fingerprint density at radius 2 is 1.88 bits per heavy atom. The van der Waals surface area contributed by atoms with Crippen molar-refractivity contribution in [3.8, 4) is 23.5 Å². The molecule has 0 saturated heterocycles. The lowest BCUT2D eigenvalue weighted by atomic mass is 10.0. The maximum atomic E-state index is 6.00. The summed E-state index contributed by atoms with van der Waals surface area (Å²) < 4.78 is 0.959.